The first-order chi connectivity index (χ1) is 9.86. The Kier molecular flexibility index (Phi) is 4.63. The SMILES string of the molecule is CNC1CCCCc2nc(CC3CCCCO3)ncc21. The van der Waals surface area contributed by atoms with Crippen molar-refractivity contribution in [3.8, 4) is 0 Å². The zero-order valence-electron chi connectivity index (χ0n) is 12.4. The zero-order chi connectivity index (χ0) is 13.8. The maximum atomic E-state index is 5.80. The van der Waals surface area contributed by atoms with Gasteiger partial charge in [-0.25, -0.2) is 9.97 Å². The van der Waals surface area contributed by atoms with Gasteiger partial charge in [-0.15, -0.1) is 0 Å². The Bertz CT molecular complexity index is 443. The van der Waals surface area contributed by atoms with E-state index in [-0.39, 0.29) is 0 Å². The van der Waals surface area contributed by atoms with E-state index in [1.807, 2.05) is 13.2 Å². The fourth-order valence-corrected chi connectivity index (χ4v) is 3.33. The van der Waals surface area contributed by atoms with Crippen LogP contribution in [0.4, 0.5) is 0 Å². The molecule has 1 aromatic rings. The first-order valence-corrected chi connectivity index (χ1v) is 8.00. The second kappa shape index (κ2) is 6.64. The van der Waals surface area contributed by atoms with Crippen LogP contribution in [0.25, 0.3) is 0 Å². The molecule has 20 heavy (non-hydrogen) atoms. The molecule has 4 heteroatoms. The molecular weight excluding hydrogens is 250 g/mol. The molecule has 1 aromatic heterocycles. The molecule has 1 N–H and O–H groups in total. The van der Waals surface area contributed by atoms with Crippen LogP contribution in [0.3, 0.4) is 0 Å². The molecule has 110 valence electrons. The zero-order valence-corrected chi connectivity index (χ0v) is 12.4. The van der Waals surface area contributed by atoms with E-state index in [0.717, 1.165) is 31.7 Å². The average molecular weight is 275 g/mol. The Hall–Kier alpha value is -1.00. The van der Waals surface area contributed by atoms with Crippen LogP contribution in [0, 0.1) is 0 Å². The molecule has 2 aliphatic rings. The molecule has 2 heterocycles. The molecule has 1 fully saturated rings. The minimum atomic E-state index is 0.327. The number of rotatable bonds is 3. The van der Waals surface area contributed by atoms with Crippen molar-refractivity contribution in [1.29, 1.82) is 0 Å². The van der Waals surface area contributed by atoms with Crippen LogP contribution in [0.15, 0.2) is 6.20 Å². The van der Waals surface area contributed by atoms with Crippen LogP contribution in [0.5, 0.6) is 0 Å². The van der Waals surface area contributed by atoms with Gasteiger partial charge in [-0.1, -0.05) is 6.42 Å². The van der Waals surface area contributed by atoms with E-state index in [4.69, 9.17) is 9.72 Å². The van der Waals surface area contributed by atoms with E-state index in [9.17, 15) is 0 Å². The number of aromatic nitrogens is 2. The number of hydrogen-bond acceptors (Lipinski definition) is 4. The Morgan fingerprint density at radius 3 is 2.95 bits per heavy atom. The van der Waals surface area contributed by atoms with E-state index in [0.29, 0.717) is 12.1 Å². The van der Waals surface area contributed by atoms with Gasteiger partial charge in [0.25, 0.3) is 0 Å². The van der Waals surface area contributed by atoms with Crippen molar-refractivity contribution < 1.29 is 4.74 Å². The van der Waals surface area contributed by atoms with Gasteiger partial charge >= 0.3 is 0 Å². The van der Waals surface area contributed by atoms with Crippen molar-refractivity contribution in [3.05, 3.63) is 23.3 Å². The first kappa shape index (κ1) is 14.0. The lowest BCUT2D eigenvalue weighted by atomic mass is 10.0. The van der Waals surface area contributed by atoms with Crippen LogP contribution < -0.4 is 5.32 Å². The van der Waals surface area contributed by atoms with Gasteiger partial charge in [-0.2, -0.15) is 0 Å². The van der Waals surface area contributed by atoms with Crippen molar-refractivity contribution >= 4 is 0 Å². The number of fused-ring (bicyclic) bond motifs is 1. The molecule has 0 spiro atoms. The molecule has 2 atom stereocenters. The number of ether oxygens (including phenoxy) is 1. The highest BCUT2D eigenvalue weighted by molar-refractivity contribution is 5.23. The molecule has 1 aliphatic heterocycles. The second-order valence-electron chi connectivity index (χ2n) is 5.97. The lowest BCUT2D eigenvalue weighted by Gasteiger charge is -2.22. The van der Waals surface area contributed by atoms with E-state index in [1.165, 1.54) is 43.4 Å². The molecule has 0 bridgehead atoms. The molecule has 1 aliphatic carbocycles. The summed E-state index contributed by atoms with van der Waals surface area (Å²) in [7, 11) is 2.03. The number of hydrogen-bond donors (Lipinski definition) is 1. The number of nitrogens with zero attached hydrogens (tertiary/aromatic N) is 2. The minimum Gasteiger partial charge on any atom is -0.378 e. The highest BCUT2D eigenvalue weighted by Crippen LogP contribution is 2.27. The van der Waals surface area contributed by atoms with E-state index in [2.05, 4.69) is 10.3 Å². The summed E-state index contributed by atoms with van der Waals surface area (Å²) in [5.41, 5.74) is 2.56. The average Bonchev–Trinajstić information content (AvgIpc) is 2.69. The van der Waals surface area contributed by atoms with Gasteiger partial charge in [-0.05, 0) is 45.6 Å². The predicted molar refractivity (Wildman–Crippen MR) is 78.7 cm³/mol. The molecule has 4 nitrogen and oxygen atoms in total. The van der Waals surface area contributed by atoms with Gasteiger partial charge in [0.2, 0.25) is 0 Å². The summed E-state index contributed by atoms with van der Waals surface area (Å²) in [6.45, 7) is 0.900. The topological polar surface area (TPSA) is 47.0 Å². The fourth-order valence-electron chi connectivity index (χ4n) is 3.33. The molecule has 0 amide bonds. The number of aryl methyl sites for hydroxylation is 1. The van der Waals surface area contributed by atoms with Gasteiger partial charge in [0.15, 0.2) is 0 Å². The smallest absolute Gasteiger partial charge is 0.131 e. The highest BCUT2D eigenvalue weighted by atomic mass is 16.5. The van der Waals surface area contributed by atoms with Gasteiger partial charge < -0.3 is 10.1 Å². The molecule has 0 aromatic carbocycles. The quantitative estimate of drug-likeness (QED) is 0.861. The molecule has 0 saturated carbocycles. The van der Waals surface area contributed by atoms with Crippen LogP contribution in [-0.4, -0.2) is 29.7 Å². The van der Waals surface area contributed by atoms with Gasteiger partial charge in [0.05, 0.1) is 6.10 Å². The van der Waals surface area contributed by atoms with Crippen molar-refractivity contribution in [2.75, 3.05) is 13.7 Å². The fraction of sp³-hybridized carbons (Fsp3) is 0.750. The summed E-state index contributed by atoms with van der Waals surface area (Å²) in [4.78, 5) is 9.43. The molecule has 1 saturated heterocycles. The summed E-state index contributed by atoms with van der Waals surface area (Å²) < 4.78 is 5.80. The molecular formula is C16H25N3O. The van der Waals surface area contributed by atoms with Crippen LogP contribution in [0.2, 0.25) is 0 Å². The van der Waals surface area contributed by atoms with E-state index >= 15 is 0 Å². The summed E-state index contributed by atoms with van der Waals surface area (Å²) >= 11 is 0. The lowest BCUT2D eigenvalue weighted by molar-refractivity contribution is 0.0156. The second-order valence-corrected chi connectivity index (χ2v) is 5.97. The monoisotopic (exact) mass is 275 g/mol. The highest BCUT2D eigenvalue weighted by Gasteiger charge is 2.21. The summed E-state index contributed by atoms with van der Waals surface area (Å²) in [5, 5.41) is 3.40. The predicted octanol–water partition coefficient (Wildman–Crippen LogP) is 2.58. The third-order valence-electron chi connectivity index (χ3n) is 4.51. The maximum absolute atomic E-state index is 5.80. The Morgan fingerprint density at radius 1 is 1.25 bits per heavy atom. The van der Waals surface area contributed by atoms with E-state index in [1.54, 1.807) is 0 Å². The van der Waals surface area contributed by atoms with Crippen LogP contribution in [0.1, 0.15) is 61.6 Å². The summed E-state index contributed by atoms with van der Waals surface area (Å²) in [6, 6.07) is 0.424. The minimum absolute atomic E-state index is 0.327. The third-order valence-corrected chi connectivity index (χ3v) is 4.51. The van der Waals surface area contributed by atoms with Crippen molar-refractivity contribution in [2.24, 2.45) is 0 Å². The first-order valence-electron chi connectivity index (χ1n) is 8.00. The molecule has 2 unspecified atom stereocenters. The Labute approximate surface area is 121 Å². The standard InChI is InChI=1S/C16H25N3O/c1-17-14-7-2-3-8-15-13(14)11-18-16(19-15)10-12-6-4-5-9-20-12/h11-12,14,17H,2-10H2,1H3. The summed E-state index contributed by atoms with van der Waals surface area (Å²) in [5.74, 6) is 0.965. The Balaban J connectivity index is 1.75. The lowest BCUT2D eigenvalue weighted by Crippen LogP contribution is -2.23. The van der Waals surface area contributed by atoms with Gasteiger partial charge in [-0.3, -0.25) is 0 Å². The van der Waals surface area contributed by atoms with Gasteiger partial charge in [0.1, 0.15) is 5.82 Å². The van der Waals surface area contributed by atoms with Crippen LogP contribution in [-0.2, 0) is 17.6 Å². The Morgan fingerprint density at radius 2 is 2.15 bits per heavy atom. The van der Waals surface area contributed by atoms with Gasteiger partial charge in [0, 0.05) is 36.5 Å². The van der Waals surface area contributed by atoms with Crippen molar-refractivity contribution in [2.45, 2.75) is 63.5 Å². The van der Waals surface area contributed by atoms with Crippen molar-refractivity contribution in [3.63, 3.8) is 0 Å². The maximum Gasteiger partial charge on any atom is 0.131 e. The number of nitrogens with one attached hydrogen (secondary N) is 1. The van der Waals surface area contributed by atoms with E-state index < -0.39 is 0 Å². The molecule has 3 rings (SSSR count). The van der Waals surface area contributed by atoms with Crippen LogP contribution >= 0.6 is 0 Å². The normalized spacial score (nSPS) is 26.9. The van der Waals surface area contributed by atoms with Crippen molar-refractivity contribution in [1.82, 2.24) is 15.3 Å². The largest absolute Gasteiger partial charge is 0.378 e. The third kappa shape index (κ3) is 3.18. The molecule has 0 radical (unpaired) electrons. The summed E-state index contributed by atoms with van der Waals surface area (Å²) in [6.07, 6.45) is 11.7.